The van der Waals surface area contributed by atoms with Crippen LogP contribution in [0.5, 0.6) is 0 Å². The summed E-state index contributed by atoms with van der Waals surface area (Å²) in [5.74, 6) is 0.527. The third-order valence-electron chi connectivity index (χ3n) is 5.49. The van der Waals surface area contributed by atoms with Gasteiger partial charge in [0.15, 0.2) is 5.82 Å². The van der Waals surface area contributed by atoms with E-state index >= 15 is 0 Å². The van der Waals surface area contributed by atoms with Crippen LogP contribution in [0.25, 0.3) is 22.5 Å². The third-order valence-corrected chi connectivity index (χ3v) is 5.73. The predicted octanol–water partition coefficient (Wildman–Crippen LogP) is 4.63. The van der Waals surface area contributed by atoms with Crippen molar-refractivity contribution < 1.29 is 4.79 Å². The Bertz CT molecular complexity index is 1270. The Morgan fingerprint density at radius 2 is 1.81 bits per heavy atom. The fourth-order valence-electron chi connectivity index (χ4n) is 3.97. The second-order valence-corrected chi connectivity index (χ2v) is 8.00. The summed E-state index contributed by atoms with van der Waals surface area (Å²) in [6.45, 7) is 0.665. The molecule has 4 heterocycles. The van der Waals surface area contributed by atoms with Crippen LogP contribution in [0.4, 0.5) is 0 Å². The van der Waals surface area contributed by atoms with Crippen LogP contribution in [0.1, 0.15) is 34.9 Å². The lowest BCUT2D eigenvalue weighted by Gasteiger charge is -2.24. The molecule has 0 spiro atoms. The number of hydrogen-bond acceptors (Lipinski definition) is 6. The van der Waals surface area contributed by atoms with E-state index in [9.17, 15) is 4.79 Å². The van der Waals surface area contributed by atoms with E-state index in [2.05, 4.69) is 19.9 Å². The first-order chi connectivity index (χ1) is 15.7. The van der Waals surface area contributed by atoms with Gasteiger partial charge in [-0.1, -0.05) is 23.7 Å². The molecule has 0 saturated carbocycles. The molecule has 32 heavy (non-hydrogen) atoms. The average Bonchev–Trinajstić information content (AvgIpc) is 3.34. The van der Waals surface area contributed by atoms with Gasteiger partial charge in [0, 0.05) is 59.2 Å². The molecular weight excluding hydrogens is 424 g/mol. The first-order valence-electron chi connectivity index (χ1n) is 10.3. The number of likely N-dealkylation sites (tertiary alicyclic amines) is 1. The van der Waals surface area contributed by atoms with Gasteiger partial charge in [-0.15, -0.1) is 0 Å². The molecule has 8 heteroatoms. The van der Waals surface area contributed by atoms with E-state index in [1.165, 1.54) is 6.33 Å². The molecule has 1 atom stereocenters. The van der Waals surface area contributed by atoms with Gasteiger partial charge in [-0.05, 0) is 37.1 Å². The highest BCUT2D eigenvalue weighted by atomic mass is 35.5. The maximum atomic E-state index is 13.4. The average molecular weight is 443 g/mol. The number of hydrogen-bond donors (Lipinski definition) is 0. The van der Waals surface area contributed by atoms with Crippen LogP contribution in [-0.2, 0) is 0 Å². The number of carbonyl (C=O) groups excluding carboxylic acids is 1. The summed E-state index contributed by atoms with van der Waals surface area (Å²) in [5.41, 5.74) is 3.81. The fourth-order valence-corrected chi connectivity index (χ4v) is 4.16. The third kappa shape index (κ3) is 4.07. The molecule has 0 bridgehead atoms. The summed E-state index contributed by atoms with van der Waals surface area (Å²) in [7, 11) is 0. The largest absolute Gasteiger partial charge is 0.330 e. The van der Waals surface area contributed by atoms with Crippen molar-refractivity contribution in [3.8, 4) is 22.5 Å². The number of nitrogens with zero attached hydrogens (tertiary/aromatic N) is 6. The van der Waals surface area contributed by atoms with Crippen LogP contribution in [0.3, 0.4) is 0 Å². The second-order valence-electron chi connectivity index (χ2n) is 7.56. The standard InChI is InChI=1S/C24H19ClN6O/c25-20-4-1-3-16(10-20)23-29-7-6-21(30-23)22-5-2-8-31(22)24(32)18-9-17(11-26-12-18)19-13-27-15-28-14-19/h1,3-4,6-7,9-15,22H,2,5,8H2/t22-/m0/s1. The monoisotopic (exact) mass is 442 g/mol. The molecule has 0 radical (unpaired) electrons. The summed E-state index contributed by atoms with van der Waals surface area (Å²) in [6, 6.07) is 11.0. The Kier molecular flexibility index (Phi) is 5.56. The van der Waals surface area contributed by atoms with Crippen LogP contribution >= 0.6 is 11.6 Å². The lowest BCUT2D eigenvalue weighted by Crippen LogP contribution is -2.31. The highest BCUT2D eigenvalue weighted by molar-refractivity contribution is 6.30. The zero-order chi connectivity index (χ0) is 21.9. The second kappa shape index (κ2) is 8.80. The Labute approximate surface area is 190 Å². The molecule has 158 valence electrons. The quantitative estimate of drug-likeness (QED) is 0.458. The van der Waals surface area contributed by atoms with Crippen LogP contribution in [0.15, 0.2) is 73.7 Å². The lowest BCUT2D eigenvalue weighted by molar-refractivity contribution is 0.0732. The summed E-state index contributed by atoms with van der Waals surface area (Å²) >= 11 is 6.13. The van der Waals surface area contributed by atoms with Crippen LogP contribution in [-0.4, -0.2) is 42.3 Å². The molecule has 1 saturated heterocycles. The van der Waals surface area contributed by atoms with Gasteiger partial charge in [0.1, 0.15) is 6.33 Å². The van der Waals surface area contributed by atoms with Gasteiger partial charge in [0.2, 0.25) is 0 Å². The van der Waals surface area contributed by atoms with E-state index < -0.39 is 0 Å². The van der Waals surface area contributed by atoms with Crippen molar-refractivity contribution in [2.24, 2.45) is 0 Å². The van der Waals surface area contributed by atoms with Crippen molar-refractivity contribution in [3.05, 3.63) is 90.0 Å². The molecule has 4 aromatic rings. The zero-order valence-corrected chi connectivity index (χ0v) is 17.9. The van der Waals surface area contributed by atoms with Crippen LogP contribution < -0.4 is 0 Å². The van der Waals surface area contributed by atoms with Gasteiger partial charge in [0.05, 0.1) is 17.3 Å². The highest BCUT2D eigenvalue weighted by Gasteiger charge is 2.32. The van der Waals surface area contributed by atoms with Gasteiger partial charge in [-0.3, -0.25) is 9.78 Å². The van der Waals surface area contributed by atoms with E-state index in [0.717, 1.165) is 35.2 Å². The first kappa shape index (κ1) is 20.2. The van der Waals surface area contributed by atoms with E-state index in [4.69, 9.17) is 16.6 Å². The number of amides is 1. The predicted molar refractivity (Wildman–Crippen MR) is 121 cm³/mol. The minimum absolute atomic E-state index is 0.0679. The molecule has 0 aliphatic carbocycles. The van der Waals surface area contributed by atoms with Gasteiger partial charge >= 0.3 is 0 Å². The number of halogens is 1. The minimum Gasteiger partial charge on any atom is -0.330 e. The van der Waals surface area contributed by atoms with Crippen molar-refractivity contribution in [1.82, 2.24) is 29.8 Å². The summed E-state index contributed by atoms with van der Waals surface area (Å²) in [4.78, 5) is 36.8. The lowest BCUT2D eigenvalue weighted by atomic mass is 10.1. The molecule has 1 aliphatic heterocycles. The molecule has 3 aromatic heterocycles. The molecular formula is C24H19ClN6O. The SMILES string of the molecule is O=C(c1cncc(-c2cncnc2)c1)N1CCC[C@H]1c1ccnc(-c2cccc(Cl)c2)n1. The van der Waals surface area contributed by atoms with E-state index in [0.29, 0.717) is 23.0 Å². The highest BCUT2D eigenvalue weighted by Crippen LogP contribution is 2.33. The van der Waals surface area contributed by atoms with Crippen LogP contribution in [0, 0.1) is 0 Å². The van der Waals surface area contributed by atoms with Crippen molar-refractivity contribution in [1.29, 1.82) is 0 Å². The number of benzene rings is 1. The molecule has 1 aliphatic rings. The van der Waals surface area contributed by atoms with E-state index in [1.54, 1.807) is 31.0 Å². The van der Waals surface area contributed by atoms with Crippen molar-refractivity contribution in [2.75, 3.05) is 6.54 Å². The Morgan fingerprint density at radius 3 is 2.66 bits per heavy atom. The van der Waals surface area contributed by atoms with Crippen molar-refractivity contribution >= 4 is 17.5 Å². The number of aromatic nitrogens is 5. The maximum Gasteiger partial charge on any atom is 0.256 e. The Balaban J connectivity index is 1.43. The van der Waals surface area contributed by atoms with Gasteiger partial charge < -0.3 is 4.90 Å². The maximum absolute atomic E-state index is 13.4. The summed E-state index contributed by atoms with van der Waals surface area (Å²) < 4.78 is 0. The Hall–Kier alpha value is -3.71. The van der Waals surface area contributed by atoms with Gasteiger partial charge in [-0.25, -0.2) is 19.9 Å². The molecule has 0 unspecified atom stereocenters. The normalized spacial score (nSPS) is 15.7. The smallest absolute Gasteiger partial charge is 0.256 e. The zero-order valence-electron chi connectivity index (χ0n) is 17.1. The molecule has 0 N–H and O–H groups in total. The topological polar surface area (TPSA) is 84.8 Å². The molecule has 1 amide bonds. The number of pyridine rings is 1. The first-order valence-corrected chi connectivity index (χ1v) is 10.7. The van der Waals surface area contributed by atoms with Crippen LogP contribution in [0.2, 0.25) is 5.02 Å². The molecule has 5 rings (SSSR count). The Morgan fingerprint density at radius 1 is 0.969 bits per heavy atom. The van der Waals surface area contributed by atoms with E-state index in [1.807, 2.05) is 41.3 Å². The summed E-state index contributed by atoms with van der Waals surface area (Å²) in [6.07, 6.45) is 11.7. The van der Waals surface area contributed by atoms with Gasteiger partial charge in [0.25, 0.3) is 5.91 Å². The van der Waals surface area contributed by atoms with Gasteiger partial charge in [-0.2, -0.15) is 0 Å². The van der Waals surface area contributed by atoms with Crippen molar-refractivity contribution in [2.45, 2.75) is 18.9 Å². The molecule has 1 aromatic carbocycles. The fraction of sp³-hybridized carbons (Fsp3) is 0.167. The molecule has 7 nitrogen and oxygen atoms in total. The summed E-state index contributed by atoms with van der Waals surface area (Å²) in [5, 5.41) is 0.630. The number of carbonyl (C=O) groups is 1. The minimum atomic E-state index is -0.118. The van der Waals surface area contributed by atoms with E-state index in [-0.39, 0.29) is 11.9 Å². The number of rotatable bonds is 4. The molecule has 1 fully saturated rings. The van der Waals surface area contributed by atoms with Crippen molar-refractivity contribution in [3.63, 3.8) is 0 Å².